The molecule has 0 aromatic carbocycles. The first-order chi connectivity index (χ1) is 11.0. The molecule has 1 heterocycles. The van der Waals surface area contributed by atoms with Gasteiger partial charge in [0.2, 0.25) is 0 Å². The summed E-state index contributed by atoms with van der Waals surface area (Å²) in [5.41, 5.74) is 5.22. The van der Waals surface area contributed by atoms with Crippen molar-refractivity contribution in [1.82, 2.24) is 9.73 Å². The summed E-state index contributed by atoms with van der Waals surface area (Å²) in [5, 5.41) is 1.19. The minimum atomic E-state index is -0.737. The standard InChI is InChI=1S/C15H30N4O4S/c1-10(2)6-12-15(8-22-12,18-24-21)11(16)7-19(17)9-23-13(20)14(3,4)5/h7,10,12,24H,6,8-9,16-17H2,1-5H3,(H,18,21)/b11-7-. The number of hydrazine groups is 1. The van der Waals surface area contributed by atoms with Crippen molar-refractivity contribution in [3.05, 3.63) is 11.9 Å². The van der Waals surface area contributed by atoms with E-state index in [2.05, 4.69) is 18.6 Å². The zero-order valence-corrected chi connectivity index (χ0v) is 15.9. The van der Waals surface area contributed by atoms with Crippen molar-refractivity contribution >= 4 is 17.8 Å². The third-order valence-electron chi connectivity index (χ3n) is 3.77. The van der Waals surface area contributed by atoms with Crippen LogP contribution in [-0.4, -0.2) is 40.2 Å². The smallest absolute Gasteiger partial charge is 0.312 e. The van der Waals surface area contributed by atoms with Gasteiger partial charge in [-0.1, -0.05) is 13.8 Å². The van der Waals surface area contributed by atoms with Crippen molar-refractivity contribution in [2.75, 3.05) is 13.3 Å². The second-order valence-electron chi connectivity index (χ2n) is 7.51. The first kappa shape index (κ1) is 20.9. The lowest BCUT2D eigenvalue weighted by atomic mass is 9.81. The van der Waals surface area contributed by atoms with Crippen molar-refractivity contribution in [3.8, 4) is 0 Å². The predicted molar refractivity (Wildman–Crippen MR) is 93.3 cm³/mol. The van der Waals surface area contributed by atoms with E-state index in [-0.39, 0.29) is 30.7 Å². The Morgan fingerprint density at radius 3 is 2.58 bits per heavy atom. The average Bonchev–Trinajstić information content (AvgIpc) is 2.45. The minimum Gasteiger partial charge on any atom is -0.442 e. The summed E-state index contributed by atoms with van der Waals surface area (Å²) in [6, 6.07) is 0. The van der Waals surface area contributed by atoms with E-state index in [0.717, 1.165) is 6.42 Å². The maximum absolute atomic E-state index is 11.8. The van der Waals surface area contributed by atoms with Crippen molar-refractivity contribution in [3.63, 3.8) is 0 Å². The molecule has 8 nitrogen and oxygen atoms in total. The fourth-order valence-electron chi connectivity index (χ4n) is 2.27. The van der Waals surface area contributed by atoms with Crippen LogP contribution < -0.4 is 16.3 Å². The number of carbonyl (C=O) groups excluding carboxylic acids is 1. The molecule has 0 bridgehead atoms. The fourth-order valence-corrected chi connectivity index (χ4v) is 2.77. The van der Waals surface area contributed by atoms with Crippen LogP contribution in [0.2, 0.25) is 0 Å². The van der Waals surface area contributed by atoms with Crippen LogP contribution in [0, 0.1) is 11.3 Å². The highest BCUT2D eigenvalue weighted by Crippen LogP contribution is 2.34. The number of hydrogen-bond donors (Lipinski definition) is 4. The molecule has 1 aliphatic heterocycles. The van der Waals surface area contributed by atoms with Gasteiger partial charge >= 0.3 is 5.97 Å². The van der Waals surface area contributed by atoms with Gasteiger partial charge in [-0.2, -0.15) is 0 Å². The zero-order chi connectivity index (χ0) is 18.5. The molecule has 0 aliphatic carbocycles. The molecule has 1 aliphatic rings. The quantitative estimate of drug-likeness (QED) is 0.159. The molecule has 0 amide bonds. The van der Waals surface area contributed by atoms with Crippen LogP contribution in [-0.2, 0) is 26.1 Å². The molecule has 24 heavy (non-hydrogen) atoms. The van der Waals surface area contributed by atoms with E-state index >= 15 is 0 Å². The van der Waals surface area contributed by atoms with E-state index in [0.29, 0.717) is 18.2 Å². The molecular formula is C15H30N4O4S. The monoisotopic (exact) mass is 362 g/mol. The second-order valence-corrected chi connectivity index (χ2v) is 7.92. The van der Waals surface area contributed by atoms with Crippen LogP contribution >= 0.6 is 0 Å². The fraction of sp³-hybridized carbons (Fsp3) is 0.800. The summed E-state index contributed by atoms with van der Waals surface area (Å²) in [6.45, 7) is 9.60. The van der Waals surface area contributed by atoms with Gasteiger partial charge in [-0.05, 0) is 33.1 Å². The lowest BCUT2D eigenvalue weighted by molar-refractivity contribution is -0.157. The Hall–Kier alpha value is -1.16. The molecule has 0 aromatic heterocycles. The number of rotatable bonds is 8. The second kappa shape index (κ2) is 8.28. The van der Waals surface area contributed by atoms with E-state index in [1.165, 1.54) is 11.2 Å². The van der Waals surface area contributed by atoms with Crippen molar-refractivity contribution in [1.29, 1.82) is 0 Å². The number of hydrogen-bond acceptors (Lipinski definition) is 7. The van der Waals surface area contributed by atoms with E-state index in [4.69, 9.17) is 21.1 Å². The maximum Gasteiger partial charge on any atom is 0.312 e. The van der Waals surface area contributed by atoms with Crippen molar-refractivity contribution in [2.24, 2.45) is 22.9 Å². The highest BCUT2D eigenvalue weighted by atomic mass is 32.2. The van der Waals surface area contributed by atoms with Gasteiger partial charge in [0, 0.05) is 6.20 Å². The van der Waals surface area contributed by atoms with Crippen LogP contribution in [0.4, 0.5) is 0 Å². The molecule has 0 spiro atoms. The van der Waals surface area contributed by atoms with Gasteiger partial charge in [0.15, 0.2) is 6.73 Å². The first-order valence-corrected chi connectivity index (χ1v) is 8.71. The largest absolute Gasteiger partial charge is 0.442 e. The predicted octanol–water partition coefficient (Wildman–Crippen LogP) is 0.143. The molecule has 2 atom stereocenters. The molecule has 5 N–H and O–H groups in total. The van der Waals surface area contributed by atoms with Crippen LogP contribution in [0.25, 0.3) is 0 Å². The molecule has 9 heteroatoms. The molecule has 1 saturated heterocycles. The number of ether oxygens (including phenoxy) is 2. The molecule has 1 fully saturated rings. The summed E-state index contributed by atoms with van der Waals surface area (Å²) in [5.74, 6) is 5.87. The summed E-state index contributed by atoms with van der Waals surface area (Å²) >= 11 is -0.235. The van der Waals surface area contributed by atoms with Gasteiger partial charge in [0.1, 0.15) is 5.54 Å². The van der Waals surface area contributed by atoms with Gasteiger partial charge in [0.05, 0.1) is 35.7 Å². The highest BCUT2D eigenvalue weighted by molar-refractivity contribution is 7.63. The lowest BCUT2D eigenvalue weighted by Crippen LogP contribution is -2.69. The first-order valence-electron chi connectivity index (χ1n) is 7.90. The van der Waals surface area contributed by atoms with Gasteiger partial charge < -0.3 is 15.2 Å². The lowest BCUT2D eigenvalue weighted by Gasteiger charge is -2.49. The van der Waals surface area contributed by atoms with Crippen LogP contribution in [0.1, 0.15) is 41.0 Å². The number of nitrogens with two attached hydrogens (primary N) is 2. The van der Waals surface area contributed by atoms with Crippen LogP contribution in [0.5, 0.6) is 0 Å². The highest BCUT2D eigenvalue weighted by Gasteiger charge is 2.50. The third kappa shape index (κ3) is 5.17. The summed E-state index contributed by atoms with van der Waals surface area (Å²) < 4.78 is 24.7. The van der Waals surface area contributed by atoms with Crippen molar-refractivity contribution < 1.29 is 18.5 Å². The summed E-state index contributed by atoms with van der Waals surface area (Å²) in [6.07, 6.45) is 2.05. The normalized spacial score (nSPS) is 24.6. The molecule has 1 rings (SSSR count). The SMILES string of the molecule is CC(C)CC1OCC1(N[SH]=O)/C(N)=C/N(N)COC(=O)C(C)(C)C. The molecule has 0 saturated carbocycles. The number of nitrogens with zero attached hydrogens (tertiary/aromatic N) is 1. The third-order valence-corrected chi connectivity index (χ3v) is 4.26. The van der Waals surface area contributed by atoms with E-state index in [1.807, 2.05) is 0 Å². The Morgan fingerprint density at radius 1 is 1.54 bits per heavy atom. The Balaban J connectivity index is 2.76. The van der Waals surface area contributed by atoms with Crippen LogP contribution in [0.15, 0.2) is 11.9 Å². The molecule has 140 valence electrons. The average molecular weight is 362 g/mol. The number of esters is 1. The molecular weight excluding hydrogens is 332 g/mol. The van der Waals surface area contributed by atoms with Gasteiger partial charge in [-0.3, -0.25) is 9.80 Å². The Labute approximate surface area is 147 Å². The van der Waals surface area contributed by atoms with Crippen molar-refractivity contribution in [2.45, 2.75) is 52.7 Å². The van der Waals surface area contributed by atoms with Gasteiger partial charge in [-0.25, -0.2) is 14.8 Å². The summed E-state index contributed by atoms with van der Waals surface area (Å²) in [4.78, 5) is 11.8. The number of nitrogens with one attached hydrogen (secondary N) is 1. The zero-order valence-electron chi connectivity index (χ0n) is 15.0. The topological polar surface area (TPSA) is 120 Å². The molecule has 2 unspecified atom stereocenters. The van der Waals surface area contributed by atoms with Crippen LogP contribution in [0.3, 0.4) is 0 Å². The summed E-state index contributed by atoms with van der Waals surface area (Å²) in [7, 11) is 0. The Morgan fingerprint density at radius 2 is 2.17 bits per heavy atom. The van der Waals surface area contributed by atoms with E-state index in [9.17, 15) is 9.00 Å². The number of carbonyl (C=O) groups is 1. The van der Waals surface area contributed by atoms with Gasteiger partial charge in [-0.15, -0.1) is 0 Å². The Kier molecular flexibility index (Phi) is 7.21. The Bertz CT molecular complexity index is 492. The van der Waals surface area contributed by atoms with Gasteiger partial charge in [0.25, 0.3) is 0 Å². The maximum atomic E-state index is 11.8. The molecule has 0 radical (unpaired) electrons. The van der Waals surface area contributed by atoms with E-state index < -0.39 is 11.0 Å². The number of thiol groups is 1. The minimum absolute atomic E-state index is 0.127. The molecule has 0 aromatic rings. The van der Waals surface area contributed by atoms with E-state index in [1.54, 1.807) is 20.8 Å².